The van der Waals surface area contributed by atoms with Gasteiger partial charge in [-0.3, -0.25) is 0 Å². The van der Waals surface area contributed by atoms with Crippen LogP contribution in [0.5, 0.6) is 0 Å². The molecule has 18 heavy (non-hydrogen) atoms. The third-order valence-electron chi connectivity index (χ3n) is 4.44. The molecule has 1 nitrogen and oxygen atoms in total. The summed E-state index contributed by atoms with van der Waals surface area (Å²) >= 11 is 8.09. The van der Waals surface area contributed by atoms with Crippen LogP contribution < -0.4 is 5.32 Å². The van der Waals surface area contributed by atoms with Crippen LogP contribution in [-0.2, 0) is 0 Å². The summed E-state index contributed by atoms with van der Waals surface area (Å²) in [6.45, 7) is 3.49. The van der Waals surface area contributed by atoms with Crippen molar-refractivity contribution in [1.82, 2.24) is 5.32 Å². The number of nitrogens with one attached hydrogen (secondary N) is 1. The second-order valence-electron chi connectivity index (χ2n) is 5.61. The van der Waals surface area contributed by atoms with Gasteiger partial charge in [-0.25, -0.2) is 0 Å². The lowest BCUT2D eigenvalue weighted by Gasteiger charge is -2.28. The summed E-state index contributed by atoms with van der Waals surface area (Å²) in [5.74, 6) is 1.21. The summed E-state index contributed by atoms with van der Waals surface area (Å²) in [5.41, 5.74) is 2.02. The van der Waals surface area contributed by atoms with Crippen molar-refractivity contribution in [2.45, 2.75) is 43.5 Å². The van der Waals surface area contributed by atoms with Crippen molar-refractivity contribution in [3.05, 3.63) is 28.8 Å². The van der Waals surface area contributed by atoms with Gasteiger partial charge >= 0.3 is 0 Å². The first-order valence-corrected chi connectivity index (χ1v) is 8.24. The summed E-state index contributed by atoms with van der Waals surface area (Å²) in [6, 6.07) is 6.82. The van der Waals surface area contributed by atoms with Crippen molar-refractivity contribution in [2.75, 3.05) is 12.3 Å². The van der Waals surface area contributed by atoms with Gasteiger partial charge in [0, 0.05) is 22.5 Å². The molecule has 3 heteroatoms. The molecule has 0 aromatic heterocycles. The highest BCUT2D eigenvalue weighted by Crippen LogP contribution is 2.48. The molecule has 1 fully saturated rings. The Morgan fingerprint density at radius 2 is 2.28 bits per heavy atom. The van der Waals surface area contributed by atoms with Crippen LogP contribution >= 0.6 is 23.4 Å². The van der Waals surface area contributed by atoms with E-state index in [1.165, 1.54) is 48.4 Å². The fourth-order valence-electron chi connectivity index (χ4n) is 2.75. The molecular formula is C15H20ClNS. The first-order valence-electron chi connectivity index (χ1n) is 6.88. The van der Waals surface area contributed by atoms with E-state index < -0.39 is 0 Å². The number of hydrogen-bond donors (Lipinski definition) is 1. The van der Waals surface area contributed by atoms with Crippen molar-refractivity contribution < 1.29 is 0 Å². The van der Waals surface area contributed by atoms with Crippen molar-refractivity contribution in [3.8, 4) is 0 Å². The zero-order chi connectivity index (χ0) is 12.6. The van der Waals surface area contributed by atoms with Gasteiger partial charge in [-0.15, -0.1) is 11.8 Å². The minimum absolute atomic E-state index is 0.504. The standard InChI is InChI=1S/C15H20ClNS/c1-2-15(6-7-15)10-17-13-5-8-18-14-4-3-11(16)9-12(13)14/h3-4,9,13,17H,2,5-8,10H2,1H3. The fourth-order valence-corrected chi connectivity index (χ4v) is 4.04. The Labute approximate surface area is 119 Å². The normalized spacial score (nSPS) is 24.7. The van der Waals surface area contributed by atoms with Gasteiger partial charge in [-0.1, -0.05) is 18.5 Å². The number of thioether (sulfide) groups is 1. The zero-order valence-corrected chi connectivity index (χ0v) is 12.4. The summed E-state index contributed by atoms with van der Waals surface area (Å²) in [5, 5.41) is 4.65. The van der Waals surface area contributed by atoms with Crippen LogP contribution in [-0.4, -0.2) is 12.3 Å². The van der Waals surface area contributed by atoms with Crippen LogP contribution in [0.4, 0.5) is 0 Å². The van der Waals surface area contributed by atoms with E-state index in [-0.39, 0.29) is 0 Å². The maximum Gasteiger partial charge on any atom is 0.0410 e. The minimum atomic E-state index is 0.504. The lowest BCUT2D eigenvalue weighted by Crippen LogP contribution is -2.30. The van der Waals surface area contributed by atoms with E-state index in [0.717, 1.165) is 5.02 Å². The van der Waals surface area contributed by atoms with Crippen LogP contribution in [0.2, 0.25) is 5.02 Å². The highest BCUT2D eigenvalue weighted by Gasteiger charge is 2.40. The smallest absolute Gasteiger partial charge is 0.0410 e. The molecule has 2 aliphatic rings. The maximum atomic E-state index is 6.13. The molecule has 0 bridgehead atoms. The molecule has 0 amide bonds. The molecule has 98 valence electrons. The topological polar surface area (TPSA) is 12.0 Å². The van der Waals surface area contributed by atoms with Crippen LogP contribution in [0.15, 0.2) is 23.1 Å². The first-order chi connectivity index (χ1) is 8.72. The second-order valence-corrected chi connectivity index (χ2v) is 7.18. The minimum Gasteiger partial charge on any atom is -0.309 e. The molecule has 1 aromatic carbocycles. The zero-order valence-electron chi connectivity index (χ0n) is 10.8. The monoisotopic (exact) mass is 281 g/mol. The van der Waals surface area contributed by atoms with Gasteiger partial charge in [0.05, 0.1) is 0 Å². The van der Waals surface area contributed by atoms with Crippen molar-refractivity contribution in [2.24, 2.45) is 5.41 Å². The van der Waals surface area contributed by atoms with Gasteiger partial charge < -0.3 is 5.32 Å². The third-order valence-corrected chi connectivity index (χ3v) is 5.80. The van der Waals surface area contributed by atoms with Crippen molar-refractivity contribution in [3.63, 3.8) is 0 Å². The quantitative estimate of drug-likeness (QED) is 0.862. The van der Waals surface area contributed by atoms with Gasteiger partial charge in [0.25, 0.3) is 0 Å². The molecule has 1 aliphatic heterocycles. The third kappa shape index (κ3) is 2.56. The van der Waals surface area contributed by atoms with E-state index in [1.807, 2.05) is 17.8 Å². The van der Waals surface area contributed by atoms with E-state index in [9.17, 15) is 0 Å². The van der Waals surface area contributed by atoms with E-state index in [2.05, 4.69) is 24.4 Å². The molecule has 3 rings (SSSR count). The summed E-state index contributed by atoms with van der Waals surface area (Å²) in [7, 11) is 0. The first kappa shape index (κ1) is 12.8. The Morgan fingerprint density at radius 1 is 1.44 bits per heavy atom. The van der Waals surface area contributed by atoms with Crippen molar-refractivity contribution in [1.29, 1.82) is 0 Å². The number of benzene rings is 1. The Bertz CT molecular complexity index is 442. The van der Waals surface area contributed by atoms with Gasteiger partial charge in [-0.05, 0) is 60.6 Å². The molecule has 1 aromatic rings. The maximum absolute atomic E-state index is 6.13. The highest BCUT2D eigenvalue weighted by molar-refractivity contribution is 7.99. The molecule has 0 saturated heterocycles. The van der Waals surface area contributed by atoms with Gasteiger partial charge in [-0.2, -0.15) is 0 Å². The van der Waals surface area contributed by atoms with Gasteiger partial charge in [0.1, 0.15) is 0 Å². The predicted octanol–water partition coefficient (Wildman–Crippen LogP) is 4.66. The molecule has 1 atom stereocenters. The molecule has 1 unspecified atom stereocenters. The number of rotatable bonds is 4. The Balaban J connectivity index is 1.72. The van der Waals surface area contributed by atoms with E-state index >= 15 is 0 Å². The average Bonchev–Trinajstić information content (AvgIpc) is 3.17. The Kier molecular flexibility index (Phi) is 3.61. The van der Waals surface area contributed by atoms with E-state index in [1.54, 1.807) is 0 Å². The lowest BCUT2D eigenvalue weighted by molar-refractivity contribution is 0.396. The van der Waals surface area contributed by atoms with Crippen molar-refractivity contribution >= 4 is 23.4 Å². The molecule has 0 spiro atoms. The lowest BCUT2D eigenvalue weighted by atomic mass is 10.00. The number of halogens is 1. The Morgan fingerprint density at radius 3 is 3.00 bits per heavy atom. The molecule has 1 aliphatic carbocycles. The van der Waals surface area contributed by atoms with Crippen LogP contribution in [0.3, 0.4) is 0 Å². The largest absolute Gasteiger partial charge is 0.309 e. The number of fused-ring (bicyclic) bond motifs is 1. The van der Waals surface area contributed by atoms with Crippen LogP contribution in [0, 0.1) is 5.41 Å². The van der Waals surface area contributed by atoms with Crippen LogP contribution in [0.25, 0.3) is 0 Å². The van der Waals surface area contributed by atoms with Gasteiger partial charge in [0.2, 0.25) is 0 Å². The van der Waals surface area contributed by atoms with Crippen LogP contribution in [0.1, 0.15) is 44.2 Å². The Hall–Kier alpha value is -0.180. The average molecular weight is 282 g/mol. The van der Waals surface area contributed by atoms with E-state index in [0.29, 0.717) is 11.5 Å². The molecule has 1 N–H and O–H groups in total. The fraction of sp³-hybridized carbons (Fsp3) is 0.600. The van der Waals surface area contributed by atoms with E-state index in [4.69, 9.17) is 11.6 Å². The molecule has 0 radical (unpaired) electrons. The molecular weight excluding hydrogens is 262 g/mol. The highest BCUT2D eigenvalue weighted by atomic mass is 35.5. The molecule has 1 heterocycles. The predicted molar refractivity (Wildman–Crippen MR) is 79.5 cm³/mol. The number of hydrogen-bond acceptors (Lipinski definition) is 2. The summed E-state index contributed by atoms with van der Waals surface area (Å²) in [4.78, 5) is 1.41. The summed E-state index contributed by atoms with van der Waals surface area (Å²) < 4.78 is 0. The second kappa shape index (κ2) is 5.07. The van der Waals surface area contributed by atoms with Gasteiger partial charge in [0.15, 0.2) is 0 Å². The summed E-state index contributed by atoms with van der Waals surface area (Å²) in [6.07, 6.45) is 5.34. The molecule has 1 saturated carbocycles. The SMILES string of the molecule is CCC1(CNC2CCSc3ccc(Cl)cc32)CC1.